The third kappa shape index (κ3) is 3.12. The van der Waals surface area contributed by atoms with Crippen molar-refractivity contribution in [1.82, 2.24) is 9.78 Å². The Morgan fingerprint density at radius 1 is 1.46 bits per heavy atom. The number of carbonyl (C=O) groups is 1. The number of halogens is 2. The van der Waals surface area contributed by atoms with E-state index in [9.17, 15) is 13.6 Å². The van der Waals surface area contributed by atoms with Gasteiger partial charge < -0.3 is 10.2 Å². The Morgan fingerprint density at radius 2 is 2.25 bits per heavy atom. The van der Waals surface area contributed by atoms with Crippen LogP contribution < -0.4 is 5.32 Å². The zero-order valence-electron chi connectivity index (χ0n) is 13.2. The molecule has 126 valence electrons. The highest BCUT2D eigenvalue weighted by molar-refractivity contribution is 6.06. The fraction of sp³-hybridized carbons (Fsp3) is 0.312. The summed E-state index contributed by atoms with van der Waals surface area (Å²) in [5.41, 5.74) is 2.13. The standard InChI is InChI=1S/C16H16F2N4O2/c1-3-22-8-11(9(2)20-22)14-7-15(24-21-14)16(23)19-13-5-4-10(17)6-12(13)18/h4-6,8,15H,3,7H2,1-2H3,(H,19,23). The number of aromatic nitrogens is 2. The Bertz CT molecular complexity index is 816. The number of aryl methyl sites for hydroxylation is 2. The smallest absolute Gasteiger partial charge is 0.268 e. The summed E-state index contributed by atoms with van der Waals surface area (Å²) in [6.45, 7) is 4.55. The number of hydrogen-bond acceptors (Lipinski definition) is 4. The number of hydrogen-bond donors (Lipinski definition) is 1. The van der Waals surface area contributed by atoms with Gasteiger partial charge in [0, 0.05) is 30.8 Å². The minimum Gasteiger partial charge on any atom is -0.382 e. The Kier molecular flexibility index (Phi) is 4.28. The molecule has 1 aromatic carbocycles. The number of nitrogens with one attached hydrogen (secondary N) is 1. The molecule has 0 aliphatic carbocycles. The van der Waals surface area contributed by atoms with Crippen LogP contribution in [-0.2, 0) is 16.2 Å². The van der Waals surface area contributed by atoms with Gasteiger partial charge in [-0.1, -0.05) is 5.16 Å². The van der Waals surface area contributed by atoms with Gasteiger partial charge in [-0.15, -0.1) is 0 Å². The van der Waals surface area contributed by atoms with Crippen molar-refractivity contribution in [3.05, 3.63) is 47.3 Å². The molecule has 1 atom stereocenters. The molecule has 0 saturated carbocycles. The van der Waals surface area contributed by atoms with E-state index >= 15 is 0 Å². The van der Waals surface area contributed by atoms with Crippen molar-refractivity contribution in [2.75, 3.05) is 5.32 Å². The van der Waals surface area contributed by atoms with Gasteiger partial charge >= 0.3 is 0 Å². The molecule has 8 heteroatoms. The summed E-state index contributed by atoms with van der Waals surface area (Å²) in [5.74, 6) is -2.10. The summed E-state index contributed by atoms with van der Waals surface area (Å²) in [6.07, 6.45) is 1.23. The molecule has 0 saturated heterocycles. The molecule has 24 heavy (non-hydrogen) atoms. The summed E-state index contributed by atoms with van der Waals surface area (Å²) in [5, 5.41) is 10.7. The highest BCUT2D eigenvalue weighted by Gasteiger charge is 2.30. The maximum atomic E-state index is 13.6. The van der Waals surface area contributed by atoms with Crippen LogP contribution in [-0.4, -0.2) is 27.5 Å². The van der Waals surface area contributed by atoms with Gasteiger partial charge in [0.15, 0.2) is 0 Å². The molecule has 3 rings (SSSR count). The van der Waals surface area contributed by atoms with E-state index in [1.54, 1.807) is 4.68 Å². The molecular formula is C16H16F2N4O2. The third-order valence-corrected chi connectivity index (χ3v) is 3.73. The molecule has 0 spiro atoms. The van der Waals surface area contributed by atoms with Crippen LogP contribution in [0, 0.1) is 18.6 Å². The number of amides is 1. The average Bonchev–Trinajstić information content (AvgIpc) is 3.16. The number of nitrogens with zero attached hydrogens (tertiary/aromatic N) is 3. The van der Waals surface area contributed by atoms with E-state index in [0.717, 1.165) is 29.9 Å². The number of oxime groups is 1. The van der Waals surface area contributed by atoms with Gasteiger partial charge in [0.1, 0.15) is 11.6 Å². The fourth-order valence-corrected chi connectivity index (χ4v) is 2.44. The van der Waals surface area contributed by atoms with Crippen LogP contribution in [0.3, 0.4) is 0 Å². The van der Waals surface area contributed by atoms with Crippen molar-refractivity contribution in [2.24, 2.45) is 5.16 Å². The van der Waals surface area contributed by atoms with Crippen molar-refractivity contribution in [3.63, 3.8) is 0 Å². The van der Waals surface area contributed by atoms with Crippen molar-refractivity contribution < 1.29 is 18.4 Å². The summed E-state index contributed by atoms with van der Waals surface area (Å²) >= 11 is 0. The molecule has 0 bridgehead atoms. The lowest BCUT2D eigenvalue weighted by Gasteiger charge is -2.10. The van der Waals surface area contributed by atoms with Gasteiger partial charge in [0.2, 0.25) is 6.10 Å². The summed E-state index contributed by atoms with van der Waals surface area (Å²) in [6, 6.07) is 2.93. The lowest BCUT2D eigenvalue weighted by Crippen LogP contribution is -2.28. The normalized spacial score (nSPS) is 16.7. The van der Waals surface area contributed by atoms with Crippen LogP contribution in [0.2, 0.25) is 0 Å². The van der Waals surface area contributed by atoms with Crippen LogP contribution >= 0.6 is 0 Å². The van der Waals surface area contributed by atoms with Crippen LogP contribution in [0.25, 0.3) is 0 Å². The largest absolute Gasteiger partial charge is 0.382 e. The van der Waals surface area contributed by atoms with E-state index < -0.39 is 23.6 Å². The second-order valence-electron chi connectivity index (χ2n) is 5.43. The summed E-state index contributed by atoms with van der Waals surface area (Å²) in [4.78, 5) is 17.3. The minimum absolute atomic E-state index is 0.103. The van der Waals surface area contributed by atoms with E-state index in [1.165, 1.54) is 0 Å². The van der Waals surface area contributed by atoms with E-state index in [2.05, 4.69) is 15.6 Å². The molecule has 6 nitrogen and oxygen atoms in total. The fourth-order valence-electron chi connectivity index (χ4n) is 2.44. The lowest BCUT2D eigenvalue weighted by molar-refractivity contribution is -0.125. The first-order valence-electron chi connectivity index (χ1n) is 7.51. The van der Waals surface area contributed by atoms with Crippen molar-refractivity contribution in [2.45, 2.75) is 32.9 Å². The molecule has 1 N–H and O–H groups in total. The maximum Gasteiger partial charge on any atom is 0.268 e. The van der Waals surface area contributed by atoms with E-state index in [1.807, 2.05) is 20.0 Å². The first kappa shape index (κ1) is 16.1. The highest BCUT2D eigenvalue weighted by atomic mass is 19.1. The topological polar surface area (TPSA) is 68.5 Å². The highest BCUT2D eigenvalue weighted by Crippen LogP contribution is 2.21. The van der Waals surface area contributed by atoms with Crippen molar-refractivity contribution in [3.8, 4) is 0 Å². The van der Waals surface area contributed by atoms with Gasteiger partial charge in [0.05, 0.1) is 17.1 Å². The second kappa shape index (κ2) is 6.38. The van der Waals surface area contributed by atoms with E-state index in [4.69, 9.17) is 4.84 Å². The van der Waals surface area contributed by atoms with Crippen LogP contribution in [0.15, 0.2) is 29.6 Å². The molecule has 1 unspecified atom stereocenters. The monoisotopic (exact) mass is 334 g/mol. The molecule has 1 aliphatic rings. The molecule has 0 radical (unpaired) electrons. The molecule has 0 fully saturated rings. The predicted molar refractivity (Wildman–Crippen MR) is 83.7 cm³/mol. The molecule has 2 heterocycles. The molecule has 1 aliphatic heterocycles. The molecule has 1 amide bonds. The summed E-state index contributed by atoms with van der Waals surface area (Å²) in [7, 11) is 0. The van der Waals surface area contributed by atoms with E-state index in [-0.39, 0.29) is 12.1 Å². The Balaban J connectivity index is 1.67. The quantitative estimate of drug-likeness (QED) is 0.934. The van der Waals surface area contributed by atoms with E-state index in [0.29, 0.717) is 11.8 Å². The van der Waals surface area contributed by atoms with Gasteiger partial charge in [-0.2, -0.15) is 5.10 Å². The number of anilines is 1. The number of benzene rings is 1. The lowest BCUT2D eigenvalue weighted by atomic mass is 10.1. The first-order chi connectivity index (χ1) is 11.5. The molecule has 2 aromatic rings. The predicted octanol–water partition coefficient (Wildman–Crippen LogP) is 2.62. The van der Waals surface area contributed by atoms with Gasteiger partial charge in [-0.25, -0.2) is 8.78 Å². The molecule has 1 aromatic heterocycles. The Hall–Kier alpha value is -2.77. The number of carbonyl (C=O) groups excluding carboxylic acids is 1. The Morgan fingerprint density at radius 3 is 2.92 bits per heavy atom. The SMILES string of the molecule is CCn1cc(C2=NOC(C(=O)Nc3ccc(F)cc3F)C2)c(C)n1. The minimum atomic E-state index is -0.867. The zero-order valence-corrected chi connectivity index (χ0v) is 13.2. The van der Waals surface area contributed by atoms with Gasteiger partial charge in [0.25, 0.3) is 5.91 Å². The van der Waals surface area contributed by atoms with Crippen molar-refractivity contribution >= 4 is 17.3 Å². The first-order valence-corrected chi connectivity index (χ1v) is 7.51. The van der Waals surface area contributed by atoms with Crippen LogP contribution in [0.5, 0.6) is 0 Å². The van der Waals surface area contributed by atoms with Crippen molar-refractivity contribution in [1.29, 1.82) is 0 Å². The second-order valence-corrected chi connectivity index (χ2v) is 5.43. The van der Waals surface area contributed by atoms with Crippen LogP contribution in [0.4, 0.5) is 14.5 Å². The average molecular weight is 334 g/mol. The third-order valence-electron chi connectivity index (χ3n) is 3.73. The molecular weight excluding hydrogens is 318 g/mol. The van der Waals surface area contributed by atoms with Crippen LogP contribution in [0.1, 0.15) is 24.6 Å². The van der Waals surface area contributed by atoms with Gasteiger partial charge in [-0.05, 0) is 26.0 Å². The van der Waals surface area contributed by atoms with Gasteiger partial charge in [-0.3, -0.25) is 9.48 Å². The Labute approximate surface area is 137 Å². The summed E-state index contributed by atoms with van der Waals surface area (Å²) < 4.78 is 28.3. The number of rotatable bonds is 4. The zero-order chi connectivity index (χ0) is 17.3. The maximum absolute atomic E-state index is 13.6.